The molecular formula is C17H13BrF2O5. The van der Waals surface area contributed by atoms with E-state index < -0.39 is 19.2 Å². The van der Waals surface area contributed by atoms with E-state index in [0.717, 1.165) is 10.5 Å². The third-order valence-electron chi connectivity index (χ3n) is 3.12. The van der Waals surface area contributed by atoms with Gasteiger partial charge in [-0.1, -0.05) is 28.1 Å². The van der Waals surface area contributed by atoms with Crippen molar-refractivity contribution in [3.63, 3.8) is 0 Å². The van der Waals surface area contributed by atoms with E-state index in [1.54, 1.807) is 24.3 Å². The van der Waals surface area contributed by atoms with Gasteiger partial charge in [-0.15, -0.1) is 0 Å². The van der Waals surface area contributed by atoms with Gasteiger partial charge in [-0.3, -0.25) is 4.79 Å². The molecule has 132 valence electrons. The van der Waals surface area contributed by atoms with Gasteiger partial charge >= 0.3 is 12.6 Å². The van der Waals surface area contributed by atoms with Crippen LogP contribution in [-0.2, 0) is 4.74 Å². The zero-order valence-electron chi connectivity index (χ0n) is 13.0. The van der Waals surface area contributed by atoms with Crippen LogP contribution < -0.4 is 9.47 Å². The third kappa shape index (κ3) is 5.25. The Morgan fingerprint density at radius 2 is 1.68 bits per heavy atom. The van der Waals surface area contributed by atoms with Crippen molar-refractivity contribution in [2.75, 3.05) is 13.7 Å². The number of carbonyl (C=O) groups excluding carboxylic acids is 2. The lowest BCUT2D eigenvalue weighted by molar-refractivity contribution is -0.0512. The first kappa shape index (κ1) is 18.9. The molecule has 0 bridgehead atoms. The second-order valence-electron chi connectivity index (χ2n) is 4.75. The molecule has 0 saturated carbocycles. The van der Waals surface area contributed by atoms with Crippen molar-refractivity contribution >= 4 is 27.7 Å². The summed E-state index contributed by atoms with van der Waals surface area (Å²) in [7, 11) is 1.25. The molecule has 5 nitrogen and oxygen atoms in total. The summed E-state index contributed by atoms with van der Waals surface area (Å²) in [6.45, 7) is -3.46. The molecule has 0 saturated heterocycles. The highest BCUT2D eigenvalue weighted by molar-refractivity contribution is 9.10. The number of hydrogen-bond acceptors (Lipinski definition) is 5. The molecular weight excluding hydrogens is 402 g/mol. The van der Waals surface area contributed by atoms with Gasteiger partial charge in [-0.05, 0) is 30.3 Å². The largest absolute Gasteiger partial charge is 0.493 e. The van der Waals surface area contributed by atoms with Crippen LogP contribution in [0.4, 0.5) is 8.78 Å². The lowest BCUT2D eigenvalue weighted by atomic mass is 10.1. The number of carbonyl (C=O) groups is 2. The highest BCUT2D eigenvalue weighted by Crippen LogP contribution is 2.29. The minimum atomic E-state index is -3.02. The van der Waals surface area contributed by atoms with Crippen molar-refractivity contribution in [2.45, 2.75) is 6.61 Å². The molecule has 0 atom stereocenters. The van der Waals surface area contributed by atoms with E-state index in [1.807, 2.05) is 0 Å². The molecule has 0 spiro atoms. The number of methoxy groups -OCH3 is 1. The number of hydrogen-bond donors (Lipinski definition) is 0. The Morgan fingerprint density at radius 1 is 1.04 bits per heavy atom. The first-order valence-electron chi connectivity index (χ1n) is 6.99. The minimum Gasteiger partial charge on any atom is -0.493 e. The van der Waals surface area contributed by atoms with E-state index in [-0.39, 0.29) is 22.8 Å². The summed E-state index contributed by atoms with van der Waals surface area (Å²) >= 11 is 3.26. The van der Waals surface area contributed by atoms with Gasteiger partial charge in [-0.25, -0.2) is 4.79 Å². The standard InChI is InChI=1S/C17H13BrF2O5/c1-23-15-8-11(4-7-14(15)25-17(19)20)16(22)24-9-13(21)10-2-5-12(18)6-3-10/h2-8,17H,9H2,1H3. The van der Waals surface area contributed by atoms with E-state index in [9.17, 15) is 18.4 Å². The summed E-state index contributed by atoms with van der Waals surface area (Å²) in [5.74, 6) is -1.41. The van der Waals surface area contributed by atoms with Gasteiger partial charge in [0.1, 0.15) is 0 Å². The average Bonchev–Trinajstić information content (AvgIpc) is 2.59. The van der Waals surface area contributed by atoms with Crippen molar-refractivity contribution in [3.8, 4) is 11.5 Å². The highest BCUT2D eigenvalue weighted by atomic mass is 79.9. The number of rotatable bonds is 7. The number of benzene rings is 2. The highest BCUT2D eigenvalue weighted by Gasteiger charge is 2.16. The summed E-state index contributed by atoms with van der Waals surface area (Å²) in [6, 6.07) is 10.2. The Labute approximate surface area is 150 Å². The number of Topliss-reactive ketones (excluding diaryl/α,β-unsaturated/α-hetero) is 1. The van der Waals surface area contributed by atoms with Crippen LogP contribution in [0.1, 0.15) is 20.7 Å². The van der Waals surface area contributed by atoms with Crippen LogP contribution >= 0.6 is 15.9 Å². The quantitative estimate of drug-likeness (QED) is 0.504. The predicted octanol–water partition coefficient (Wildman–Crippen LogP) is 4.10. The van der Waals surface area contributed by atoms with Gasteiger partial charge in [0.05, 0.1) is 12.7 Å². The molecule has 8 heteroatoms. The summed E-state index contributed by atoms with van der Waals surface area (Å²) < 4.78 is 39.5. The Bertz CT molecular complexity index is 762. The van der Waals surface area contributed by atoms with Crippen LogP contribution in [0.15, 0.2) is 46.9 Å². The molecule has 0 amide bonds. The number of ether oxygens (including phenoxy) is 3. The molecule has 25 heavy (non-hydrogen) atoms. The topological polar surface area (TPSA) is 61.8 Å². The second kappa shape index (κ2) is 8.57. The Morgan fingerprint density at radius 3 is 2.28 bits per heavy atom. The second-order valence-corrected chi connectivity index (χ2v) is 5.67. The van der Waals surface area contributed by atoms with E-state index in [0.29, 0.717) is 5.56 Å². The first-order valence-corrected chi connectivity index (χ1v) is 7.78. The fourth-order valence-electron chi connectivity index (χ4n) is 1.92. The first-order chi connectivity index (χ1) is 11.9. The van der Waals surface area contributed by atoms with Crippen molar-refractivity contribution < 1.29 is 32.6 Å². The zero-order valence-corrected chi connectivity index (χ0v) is 14.6. The Kier molecular flexibility index (Phi) is 6.46. The lowest BCUT2D eigenvalue weighted by Gasteiger charge is -2.11. The molecule has 0 N–H and O–H groups in total. The monoisotopic (exact) mass is 414 g/mol. The summed E-state index contributed by atoms with van der Waals surface area (Å²) in [5, 5.41) is 0. The van der Waals surface area contributed by atoms with Crippen LogP contribution in [0.2, 0.25) is 0 Å². The zero-order chi connectivity index (χ0) is 18.4. The maximum atomic E-state index is 12.3. The Hall–Kier alpha value is -2.48. The average molecular weight is 415 g/mol. The van der Waals surface area contributed by atoms with Crippen molar-refractivity contribution in [3.05, 3.63) is 58.1 Å². The van der Waals surface area contributed by atoms with Gasteiger partial charge in [-0.2, -0.15) is 8.78 Å². The minimum absolute atomic E-state index is 0.0436. The number of halogens is 3. The molecule has 0 aliphatic carbocycles. The molecule has 2 aromatic rings. The molecule has 0 unspecified atom stereocenters. The van der Waals surface area contributed by atoms with Gasteiger partial charge in [0.25, 0.3) is 0 Å². The molecule has 2 aromatic carbocycles. The molecule has 0 heterocycles. The molecule has 0 aromatic heterocycles. The number of alkyl halides is 2. The van der Waals surface area contributed by atoms with E-state index in [2.05, 4.69) is 20.7 Å². The molecule has 0 radical (unpaired) electrons. The van der Waals surface area contributed by atoms with Crippen LogP contribution in [0.5, 0.6) is 11.5 Å². The third-order valence-corrected chi connectivity index (χ3v) is 3.64. The van der Waals surface area contributed by atoms with E-state index >= 15 is 0 Å². The van der Waals surface area contributed by atoms with Gasteiger partial charge in [0.15, 0.2) is 23.9 Å². The SMILES string of the molecule is COc1cc(C(=O)OCC(=O)c2ccc(Br)cc2)ccc1OC(F)F. The van der Waals surface area contributed by atoms with Crippen LogP contribution in [0.25, 0.3) is 0 Å². The fourth-order valence-corrected chi connectivity index (χ4v) is 2.19. The summed E-state index contributed by atoms with van der Waals surface area (Å²) in [5.41, 5.74) is 0.441. The maximum absolute atomic E-state index is 12.3. The van der Waals surface area contributed by atoms with Crippen molar-refractivity contribution in [2.24, 2.45) is 0 Å². The van der Waals surface area contributed by atoms with E-state index in [1.165, 1.54) is 19.2 Å². The van der Waals surface area contributed by atoms with Gasteiger partial charge < -0.3 is 14.2 Å². The lowest BCUT2D eigenvalue weighted by Crippen LogP contribution is -2.14. The molecule has 2 rings (SSSR count). The van der Waals surface area contributed by atoms with Crippen molar-refractivity contribution in [1.82, 2.24) is 0 Å². The summed E-state index contributed by atoms with van der Waals surface area (Å²) in [6.07, 6.45) is 0. The molecule has 0 aliphatic heterocycles. The van der Waals surface area contributed by atoms with Crippen LogP contribution in [0.3, 0.4) is 0 Å². The smallest absolute Gasteiger partial charge is 0.387 e. The van der Waals surface area contributed by atoms with Gasteiger partial charge in [0.2, 0.25) is 0 Å². The summed E-state index contributed by atoms with van der Waals surface area (Å²) in [4.78, 5) is 24.0. The molecule has 0 fully saturated rings. The van der Waals surface area contributed by atoms with Crippen LogP contribution in [0, 0.1) is 0 Å². The molecule has 0 aliphatic rings. The number of esters is 1. The van der Waals surface area contributed by atoms with Gasteiger partial charge in [0, 0.05) is 10.0 Å². The normalized spacial score (nSPS) is 10.4. The fraction of sp³-hybridized carbons (Fsp3) is 0.176. The number of ketones is 1. The predicted molar refractivity (Wildman–Crippen MR) is 88.4 cm³/mol. The Balaban J connectivity index is 2.02. The van der Waals surface area contributed by atoms with Crippen molar-refractivity contribution in [1.29, 1.82) is 0 Å². The van der Waals surface area contributed by atoms with Crippen LogP contribution in [-0.4, -0.2) is 32.1 Å². The van der Waals surface area contributed by atoms with E-state index in [4.69, 9.17) is 9.47 Å². The maximum Gasteiger partial charge on any atom is 0.387 e.